The van der Waals surface area contributed by atoms with Gasteiger partial charge in [0.05, 0.1) is 41.1 Å². The standard InChI is InChI=1S/C36H30BrClN2O6S/c1-5-45-35(42)30-20(2)39-36-40(32(30)31-24-12-8-6-10-22(24)14-15-27(31)43-3)34(41)29(47-36)18-21-16-25(37)33(28(17-21)44-4)46-19-23-11-7-9-13-26(23)38/h6-18,32H,5,19H2,1-4H3/b29-18-/t32-/m1/s1. The van der Waals surface area contributed by atoms with Crippen LogP contribution >= 0.6 is 38.9 Å². The Balaban J connectivity index is 1.50. The van der Waals surface area contributed by atoms with Crippen LogP contribution in [0.3, 0.4) is 0 Å². The molecular formula is C36H30BrClN2O6S. The molecule has 0 saturated heterocycles. The van der Waals surface area contributed by atoms with Crippen molar-refractivity contribution in [3.05, 3.63) is 130 Å². The molecule has 1 aliphatic rings. The van der Waals surface area contributed by atoms with Crippen LogP contribution in [0.25, 0.3) is 16.8 Å². The van der Waals surface area contributed by atoms with Gasteiger partial charge in [0.15, 0.2) is 16.3 Å². The van der Waals surface area contributed by atoms with Crippen molar-refractivity contribution in [2.24, 2.45) is 4.99 Å². The Morgan fingerprint density at radius 1 is 1.04 bits per heavy atom. The number of carbonyl (C=O) groups excluding carboxylic acids is 1. The zero-order valence-electron chi connectivity index (χ0n) is 26.0. The molecule has 4 aromatic carbocycles. The number of hydrogen-bond acceptors (Lipinski definition) is 8. The summed E-state index contributed by atoms with van der Waals surface area (Å²) < 4.78 is 25.7. The van der Waals surface area contributed by atoms with E-state index in [1.807, 2.05) is 66.7 Å². The first-order valence-electron chi connectivity index (χ1n) is 14.7. The number of carbonyl (C=O) groups is 1. The molecule has 8 nitrogen and oxygen atoms in total. The maximum atomic E-state index is 14.4. The first kappa shape index (κ1) is 32.6. The summed E-state index contributed by atoms with van der Waals surface area (Å²) >= 11 is 11.2. The summed E-state index contributed by atoms with van der Waals surface area (Å²) in [7, 11) is 3.13. The van der Waals surface area contributed by atoms with Gasteiger partial charge in [0.25, 0.3) is 5.56 Å². The van der Waals surface area contributed by atoms with Crippen LogP contribution in [-0.2, 0) is 16.1 Å². The van der Waals surface area contributed by atoms with Gasteiger partial charge < -0.3 is 18.9 Å². The number of thiazole rings is 1. The number of fused-ring (bicyclic) bond motifs is 2. The monoisotopic (exact) mass is 732 g/mol. The Labute approximate surface area is 288 Å². The van der Waals surface area contributed by atoms with Crippen molar-refractivity contribution in [1.29, 1.82) is 0 Å². The van der Waals surface area contributed by atoms with Gasteiger partial charge in [-0.3, -0.25) is 9.36 Å². The smallest absolute Gasteiger partial charge is 0.338 e. The van der Waals surface area contributed by atoms with Crippen molar-refractivity contribution in [3.8, 4) is 17.2 Å². The number of benzene rings is 4. The minimum atomic E-state index is -0.838. The van der Waals surface area contributed by atoms with E-state index in [1.165, 1.54) is 11.3 Å². The molecule has 2 heterocycles. The first-order valence-corrected chi connectivity index (χ1v) is 16.7. The van der Waals surface area contributed by atoms with Crippen LogP contribution in [0.5, 0.6) is 17.2 Å². The summed E-state index contributed by atoms with van der Waals surface area (Å²) in [6.07, 6.45) is 1.77. The third-order valence-corrected chi connectivity index (χ3v) is 9.76. The van der Waals surface area contributed by atoms with Crippen molar-refractivity contribution < 1.29 is 23.7 Å². The third kappa shape index (κ3) is 6.20. The van der Waals surface area contributed by atoms with Crippen molar-refractivity contribution in [2.75, 3.05) is 20.8 Å². The number of ether oxygens (including phenoxy) is 4. The lowest BCUT2D eigenvalue weighted by molar-refractivity contribution is -0.139. The van der Waals surface area contributed by atoms with Crippen LogP contribution in [0.15, 0.2) is 98.3 Å². The van der Waals surface area contributed by atoms with Gasteiger partial charge in [0.1, 0.15) is 18.4 Å². The van der Waals surface area contributed by atoms with Gasteiger partial charge in [0, 0.05) is 16.1 Å². The van der Waals surface area contributed by atoms with Crippen molar-refractivity contribution in [1.82, 2.24) is 4.57 Å². The minimum absolute atomic E-state index is 0.175. The van der Waals surface area contributed by atoms with E-state index < -0.39 is 12.0 Å². The fraction of sp³-hybridized carbons (Fsp3) is 0.194. The van der Waals surface area contributed by atoms with Crippen molar-refractivity contribution in [3.63, 3.8) is 0 Å². The summed E-state index contributed by atoms with van der Waals surface area (Å²) in [6.45, 7) is 3.92. The van der Waals surface area contributed by atoms with Gasteiger partial charge in [-0.25, -0.2) is 9.79 Å². The van der Waals surface area contributed by atoms with E-state index in [4.69, 9.17) is 35.5 Å². The average Bonchev–Trinajstić information content (AvgIpc) is 3.37. The Hall–Kier alpha value is -4.38. The molecule has 0 radical (unpaired) electrons. The first-order chi connectivity index (χ1) is 22.7. The second-order valence-corrected chi connectivity index (χ2v) is 12.9. The highest BCUT2D eigenvalue weighted by Crippen LogP contribution is 2.41. The zero-order valence-corrected chi connectivity index (χ0v) is 29.2. The molecule has 0 fully saturated rings. The van der Waals surface area contributed by atoms with E-state index in [1.54, 1.807) is 44.8 Å². The highest BCUT2D eigenvalue weighted by molar-refractivity contribution is 9.10. The lowest BCUT2D eigenvalue weighted by Gasteiger charge is -2.27. The number of hydrogen-bond donors (Lipinski definition) is 0. The minimum Gasteiger partial charge on any atom is -0.496 e. The summed E-state index contributed by atoms with van der Waals surface area (Å²) in [5.74, 6) is 0.984. The molecule has 0 unspecified atom stereocenters. The summed E-state index contributed by atoms with van der Waals surface area (Å²) in [5.41, 5.74) is 2.66. The molecule has 1 aliphatic heterocycles. The van der Waals surface area contributed by atoms with Crippen LogP contribution < -0.4 is 29.1 Å². The topological polar surface area (TPSA) is 88.4 Å². The highest BCUT2D eigenvalue weighted by atomic mass is 79.9. The molecule has 0 saturated carbocycles. The number of aromatic nitrogens is 1. The molecule has 0 bridgehead atoms. The number of esters is 1. The predicted molar refractivity (Wildman–Crippen MR) is 187 cm³/mol. The van der Waals surface area contributed by atoms with E-state index in [0.29, 0.717) is 52.9 Å². The van der Waals surface area contributed by atoms with Crippen LogP contribution in [0, 0.1) is 0 Å². The van der Waals surface area contributed by atoms with Crippen molar-refractivity contribution >= 4 is 61.7 Å². The van der Waals surface area contributed by atoms with Gasteiger partial charge >= 0.3 is 5.97 Å². The summed E-state index contributed by atoms with van der Waals surface area (Å²) in [6, 6.07) is 21.9. The van der Waals surface area contributed by atoms with Crippen molar-refractivity contribution in [2.45, 2.75) is 26.5 Å². The molecule has 5 aromatic rings. The number of allylic oxidation sites excluding steroid dienone is 1. The fourth-order valence-corrected chi connectivity index (χ4v) is 7.49. The molecule has 47 heavy (non-hydrogen) atoms. The lowest BCUT2D eigenvalue weighted by atomic mass is 9.90. The normalized spacial score (nSPS) is 14.5. The maximum absolute atomic E-state index is 14.4. The van der Waals surface area contributed by atoms with E-state index >= 15 is 0 Å². The molecule has 1 aromatic heterocycles. The largest absolute Gasteiger partial charge is 0.496 e. The zero-order chi connectivity index (χ0) is 33.2. The summed E-state index contributed by atoms with van der Waals surface area (Å²) in [4.78, 5) is 33.0. The van der Waals surface area contributed by atoms with Gasteiger partial charge in [-0.15, -0.1) is 0 Å². The number of methoxy groups -OCH3 is 2. The predicted octanol–water partition coefficient (Wildman–Crippen LogP) is 6.96. The average molecular weight is 734 g/mol. The van der Waals surface area contributed by atoms with Crippen LogP contribution in [0.1, 0.15) is 36.6 Å². The van der Waals surface area contributed by atoms with Gasteiger partial charge in [0.2, 0.25) is 0 Å². The van der Waals surface area contributed by atoms with Gasteiger partial charge in [-0.2, -0.15) is 0 Å². The van der Waals surface area contributed by atoms with Gasteiger partial charge in [-0.05, 0) is 76.5 Å². The lowest BCUT2D eigenvalue weighted by Crippen LogP contribution is -2.40. The fourth-order valence-electron chi connectivity index (χ4n) is 5.68. The van der Waals surface area contributed by atoms with E-state index in [2.05, 4.69) is 15.9 Å². The maximum Gasteiger partial charge on any atom is 0.338 e. The summed E-state index contributed by atoms with van der Waals surface area (Å²) in [5, 5.41) is 2.40. The molecule has 1 atom stereocenters. The molecule has 11 heteroatoms. The Morgan fingerprint density at radius 3 is 2.53 bits per heavy atom. The molecule has 0 N–H and O–H groups in total. The number of halogens is 2. The number of rotatable bonds is 9. The molecular weight excluding hydrogens is 704 g/mol. The van der Waals surface area contributed by atoms with Crippen LogP contribution in [-0.4, -0.2) is 31.4 Å². The Kier molecular flexibility index (Phi) is 9.54. The second kappa shape index (κ2) is 13.8. The highest BCUT2D eigenvalue weighted by Gasteiger charge is 2.36. The van der Waals surface area contributed by atoms with E-state index in [9.17, 15) is 9.59 Å². The molecule has 0 spiro atoms. The van der Waals surface area contributed by atoms with Crippen LogP contribution in [0.2, 0.25) is 5.02 Å². The van der Waals surface area contributed by atoms with E-state index in [-0.39, 0.29) is 24.3 Å². The number of nitrogens with zero attached hydrogens (tertiary/aromatic N) is 2. The van der Waals surface area contributed by atoms with Gasteiger partial charge in [-0.1, -0.05) is 71.5 Å². The molecule has 240 valence electrons. The SMILES string of the molecule is CCOC(=O)C1=C(C)N=c2s/c(=C\c3cc(Br)c(OCc4ccccc4Cl)c(OC)c3)c(=O)n2[C@H]1c1c(OC)ccc2ccccc12. The Bertz CT molecular complexity index is 2240. The van der Waals surface area contributed by atoms with Crippen LogP contribution in [0.4, 0.5) is 0 Å². The van der Waals surface area contributed by atoms with E-state index in [0.717, 1.165) is 16.3 Å². The second-order valence-electron chi connectivity index (χ2n) is 10.6. The molecule has 6 rings (SSSR count). The Morgan fingerprint density at radius 2 is 1.79 bits per heavy atom. The molecule has 0 amide bonds. The quantitative estimate of drug-likeness (QED) is 0.152. The molecule has 0 aliphatic carbocycles. The third-order valence-electron chi connectivity index (χ3n) is 7.82.